The van der Waals surface area contributed by atoms with Crippen molar-refractivity contribution in [2.75, 3.05) is 18.4 Å². The number of nitrogens with zero attached hydrogens (tertiary/aromatic N) is 4. The zero-order chi connectivity index (χ0) is 20.2. The van der Waals surface area contributed by atoms with Crippen molar-refractivity contribution < 1.29 is 4.79 Å². The molecule has 0 saturated carbocycles. The van der Waals surface area contributed by atoms with Crippen LogP contribution >= 0.6 is 0 Å². The first kappa shape index (κ1) is 18.9. The molecular weight excluding hydrogens is 362 g/mol. The largest absolute Gasteiger partial charge is 0.354 e. The molecule has 0 radical (unpaired) electrons. The second kappa shape index (κ2) is 8.27. The van der Waals surface area contributed by atoms with Gasteiger partial charge >= 0.3 is 0 Å². The predicted molar refractivity (Wildman–Crippen MR) is 113 cm³/mol. The van der Waals surface area contributed by atoms with Gasteiger partial charge in [0.15, 0.2) is 5.65 Å². The highest BCUT2D eigenvalue weighted by Gasteiger charge is 2.22. The summed E-state index contributed by atoms with van der Waals surface area (Å²) in [5.41, 5.74) is 3.99. The maximum absolute atomic E-state index is 13.4. The molecule has 3 heterocycles. The lowest BCUT2D eigenvalue weighted by Gasteiger charge is -2.22. The van der Waals surface area contributed by atoms with E-state index in [1.54, 1.807) is 18.3 Å². The average Bonchev–Trinajstić information content (AvgIpc) is 3.03. The number of benzene rings is 1. The van der Waals surface area contributed by atoms with Gasteiger partial charge in [0.25, 0.3) is 5.91 Å². The Balaban J connectivity index is 1.80. The zero-order valence-corrected chi connectivity index (χ0v) is 16.5. The molecule has 0 aliphatic carbocycles. The molecule has 1 aliphatic heterocycles. The maximum Gasteiger partial charge on any atom is 0.257 e. The van der Waals surface area contributed by atoms with Gasteiger partial charge in [0.05, 0.1) is 22.9 Å². The van der Waals surface area contributed by atoms with Crippen molar-refractivity contribution in [3.8, 4) is 6.07 Å². The quantitative estimate of drug-likeness (QED) is 0.714. The standard InChI is InChI=1S/C23H23N5O/c1-16-9-10-19-21(27-18-8-6-7-17(13-18)14-24)20(15-25-22(19)26-16)23(29)28-11-4-2-3-5-12-28/h6-10,13,15H,2-5,11-12H2,1H3,(H,25,26,27). The molecule has 6 nitrogen and oxygen atoms in total. The molecule has 1 saturated heterocycles. The van der Waals surface area contributed by atoms with E-state index in [9.17, 15) is 10.1 Å². The van der Waals surface area contributed by atoms with E-state index in [4.69, 9.17) is 0 Å². The number of aromatic nitrogens is 2. The Morgan fingerprint density at radius 1 is 1.14 bits per heavy atom. The fourth-order valence-corrected chi connectivity index (χ4v) is 3.72. The Kier molecular flexibility index (Phi) is 5.39. The molecule has 1 aliphatic rings. The van der Waals surface area contributed by atoms with Crippen LogP contribution in [0, 0.1) is 18.3 Å². The fraction of sp³-hybridized carbons (Fsp3) is 0.304. The molecule has 0 spiro atoms. The summed E-state index contributed by atoms with van der Waals surface area (Å²) < 4.78 is 0. The monoisotopic (exact) mass is 385 g/mol. The number of aryl methyl sites for hydroxylation is 1. The van der Waals surface area contributed by atoms with Crippen LogP contribution in [0.3, 0.4) is 0 Å². The van der Waals surface area contributed by atoms with Gasteiger partial charge in [-0.1, -0.05) is 18.9 Å². The van der Waals surface area contributed by atoms with Crippen LogP contribution in [0.5, 0.6) is 0 Å². The summed E-state index contributed by atoms with van der Waals surface area (Å²) in [6, 6.07) is 13.2. The van der Waals surface area contributed by atoms with E-state index in [1.807, 2.05) is 36.1 Å². The minimum absolute atomic E-state index is 0.0131. The smallest absolute Gasteiger partial charge is 0.257 e. The van der Waals surface area contributed by atoms with Crippen molar-refractivity contribution in [1.29, 1.82) is 5.26 Å². The number of likely N-dealkylation sites (tertiary alicyclic amines) is 1. The van der Waals surface area contributed by atoms with Gasteiger partial charge in [-0.15, -0.1) is 0 Å². The van der Waals surface area contributed by atoms with E-state index in [2.05, 4.69) is 21.4 Å². The van der Waals surface area contributed by atoms with Gasteiger partial charge < -0.3 is 10.2 Å². The first-order valence-electron chi connectivity index (χ1n) is 9.98. The lowest BCUT2D eigenvalue weighted by atomic mass is 10.1. The highest BCUT2D eigenvalue weighted by atomic mass is 16.2. The topological polar surface area (TPSA) is 81.9 Å². The van der Waals surface area contributed by atoms with E-state index < -0.39 is 0 Å². The molecule has 0 atom stereocenters. The molecule has 3 aromatic rings. The fourth-order valence-electron chi connectivity index (χ4n) is 3.72. The van der Waals surface area contributed by atoms with E-state index >= 15 is 0 Å². The van der Waals surface area contributed by atoms with Crippen LogP contribution < -0.4 is 5.32 Å². The third-order valence-electron chi connectivity index (χ3n) is 5.25. The van der Waals surface area contributed by atoms with Gasteiger partial charge in [-0.2, -0.15) is 5.26 Å². The van der Waals surface area contributed by atoms with E-state index in [-0.39, 0.29) is 5.91 Å². The highest BCUT2D eigenvalue weighted by molar-refractivity contribution is 6.07. The molecule has 0 bridgehead atoms. The number of nitrogens with one attached hydrogen (secondary N) is 1. The van der Waals surface area contributed by atoms with Crippen molar-refractivity contribution in [3.05, 3.63) is 59.4 Å². The molecule has 2 aromatic heterocycles. The zero-order valence-electron chi connectivity index (χ0n) is 16.5. The number of pyridine rings is 2. The van der Waals surface area contributed by atoms with Crippen molar-refractivity contribution in [2.24, 2.45) is 0 Å². The normalized spacial score (nSPS) is 14.3. The summed E-state index contributed by atoms with van der Waals surface area (Å²) in [7, 11) is 0. The van der Waals surface area contributed by atoms with Crippen LogP contribution in [0.2, 0.25) is 0 Å². The Bertz CT molecular complexity index is 1090. The van der Waals surface area contributed by atoms with Gasteiger partial charge in [-0.05, 0) is 50.1 Å². The van der Waals surface area contributed by atoms with Gasteiger partial charge in [-0.3, -0.25) is 4.79 Å². The summed E-state index contributed by atoms with van der Waals surface area (Å²) >= 11 is 0. The van der Waals surface area contributed by atoms with Crippen molar-refractivity contribution in [1.82, 2.24) is 14.9 Å². The summed E-state index contributed by atoms with van der Waals surface area (Å²) in [6.07, 6.45) is 6.00. The summed E-state index contributed by atoms with van der Waals surface area (Å²) in [4.78, 5) is 24.3. The predicted octanol–water partition coefficient (Wildman–Crippen LogP) is 4.57. The van der Waals surface area contributed by atoms with Gasteiger partial charge in [0, 0.05) is 36.1 Å². The third-order valence-corrected chi connectivity index (χ3v) is 5.25. The number of amides is 1. The number of hydrogen-bond donors (Lipinski definition) is 1. The minimum Gasteiger partial charge on any atom is -0.354 e. The lowest BCUT2D eigenvalue weighted by Crippen LogP contribution is -2.32. The Hall–Kier alpha value is -3.46. The third kappa shape index (κ3) is 4.04. The Morgan fingerprint density at radius 2 is 1.93 bits per heavy atom. The summed E-state index contributed by atoms with van der Waals surface area (Å²) in [6.45, 7) is 3.46. The van der Waals surface area contributed by atoms with Crippen LogP contribution in [0.15, 0.2) is 42.6 Å². The van der Waals surface area contributed by atoms with Gasteiger partial charge in [0.2, 0.25) is 0 Å². The van der Waals surface area contributed by atoms with Crippen LogP contribution in [0.1, 0.15) is 47.3 Å². The maximum atomic E-state index is 13.4. The Morgan fingerprint density at radius 3 is 2.69 bits per heavy atom. The average molecular weight is 385 g/mol. The van der Waals surface area contributed by atoms with E-state index in [0.29, 0.717) is 22.5 Å². The molecule has 29 heavy (non-hydrogen) atoms. The number of carbonyl (C=O) groups excluding carboxylic acids is 1. The second-order valence-electron chi connectivity index (χ2n) is 7.39. The molecule has 0 unspecified atom stereocenters. The van der Waals surface area contributed by atoms with Crippen molar-refractivity contribution in [2.45, 2.75) is 32.6 Å². The summed E-state index contributed by atoms with van der Waals surface area (Å²) in [5, 5.41) is 13.4. The van der Waals surface area contributed by atoms with Crippen LogP contribution in [0.25, 0.3) is 11.0 Å². The minimum atomic E-state index is -0.0131. The van der Waals surface area contributed by atoms with Crippen LogP contribution in [-0.4, -0.2) is 33.9 Å². The first-order valence-corrected chi connectivity index (χ1v) is 9.98. The molecular formula is C23H23N5O. The molecule has 1 amide bonds. The second-order valence-corrected chi connectivity index (χ2v) is 7.39. The number of carbonyl (C=O) groups is 1. The van der Waals surface area contributed by atoms with Crippen molar-refractivity contribution in [3.63, 3.8) is 0 Å². The molecule has 1 N–H and O–H groups in total. The SMILES string of the molecule is Cc1ccc2c(Nc3cccc(C#N)c3)c(C(=O)N3CCCCCC3)cnc2n1. The van der Waals surface area contributed by atoms with Crippen LogP contribution in [0.4, 0.5) is 11.4 Å². The number of hydrogen-bond acceptors (Lipinski definition) is 5. The number of fused-ring (bicyclic) bond motifs is 1. The molecule has 1 fully saturated rings. The first-order chi connectivity index (χ1) is 14.2. The molecule has 146 valence electrons. The van der Waals surface area contributed by atoms with E-state index in [1.165, 1.54) is 0 Å². The number of rotatable bonds is 3. The summed E-state index contributed by atoms with van der Waals surface area (Å²) in [5.74, 6) is -0.0131. The van der Waals surface area contributed by atoms with Gasteiger partial charge in [0.1, 0.15) is 0 Å². The lowest BCUT2D eigenvalue weighted by molar-refractivity contribution is 0.0762. The van der Waals surface area contributed by atoms with Crippen molar-refractivity contribution >= 4 is 28.3 Å². The highest BCUT2D eigenvalue weighted by Crippen LogP contribution is 2.30. The van der Waals surface area contributed by atoms with E-state index in [0.717, 1.165) is 55.5 Å². The molecule has 6 heteroatoms. The van der Waals surface area contributed by atoms with Crippen LogP contribution in [-0.2, 0) is 0 Å². The van der Waals surface area contributed by atoms with Gasteiger partial charge in [-0.25, -0.2) is 9.97 Å². The molecule has 4 rings (SSSR count). The Labute approximate surface area is 170 Å². The number of anilines is 2. The number of nitriles is 1. The molecule has 1 aromatic carbocycles.